The summed E-state index contributed by atoms with van der Waals surface area (Å²) < 4.78 is 46.7. The number of carbonyl (C=O) groups excluding carboxylic acids is 1. The van der Waals surface area contributed by atoms with Gasteiger partial charge in [0.1, 0.15) is 11.9 Å². The molecule has 1 fully saturated rings. The number of fused-ring (bicyclic) bond motifs is 1. The van der Waals surface area contributed by atoms with Crippen molar-refractivity contribution >= 4 is 27.3 Å². The summed E-state index contributed by atoms with van der Waals surface area (Å²) in [6.45, 7) is 1.15. The third-order valence-electron chi connectivity index (χ3n) is 5.03. The van der Waals surface area contributed by atoms with Crippen LogP contribution in [0.3, 0.4) is 0 Å². The van der Waals surface area contributed by atoms with Crippen LogP contribution in [0.25, 0.3) is 0 Å². The maximum Gasteiger partial charge on any atom is 0.256 e. The molecule has 2 aromatic carbocycles. The molecule has 148 valence electrons. The first-order chi connectivity index (χ1) is 13.4. The molecule has 1 atom stereocenters. The number of halogens is 1. The molecule has 0 unspecified atom stereocenters. The third kappa shape index (κ3) is 3.88. The molecular weight excluding hydrogens is 383 g/mol. The lowest BCUT2D eigenvalue weighted by molar-refractivity contribution is -0.127. The summed E-state index contributed by atoms with van der Waals surface area (Å²) in [5, 5.41) is 0. The maximum absolute atomic E-state index is 13.8. The van der Waals surface area contributed by atoms with Crippen molar-refractivity contribution < 1.29 is 22.3 Å². The molecule has 8 heteroatoms. The molecule has 0 saturated carbocycles. The number of rotatable bonds is 5. The SMILES string of the molecule is O=C([C@H]1CCCO1)N1CCc2ccc(NS(=O)(=O)Cc3ccccc3F)cc21. The fourth-order valence-corrected chi connectivity index (χ4v) is 4.86. The molecular formula is C20H21FN2O4S. The van der Waals surface area contributed by atoms with Crippen LogP contribution in [0, 0.1) is 5.82 Å². The molecule has 0 aliphatic carbocycles. The van der Waals surface area contributed by atoms with Crippen molar-refractivity contribution in [2.24, 2.45) is 0 Å². The van der Waals surface area contributed by atoms with Crippen LogP contribution in [0.2, 0.25) is 0 Å². The van der Waals surface area contributed by atoms with Crippen LogP contribution in [-0.4, -0.2) is 33.6 Å². The zero-order valence-corrected chi connectivity index (χ0v) is 16.0. The van der Waals surface area contributed by atoms with Gasteiger partial charge in [0.05, 0.1) is 11.4 Å². The van der Waals surface area contributed by atoms with Gasteiger partial charge in [-0.1, -0.05) is 24.3 Å². The summed E-state index contributed by atoms with van der Waals surface area (Å²) in [6, 6.07) is 10.9. The molecule has 1 amide bonds. The molecule has 0 radical (unpaired) electrons. The summed E-state index contributed by atoms with van der Waals surface area (Å²) >= 11 is 0. The second-order valence-corrected chi connectivity index (χ2v) is 8.76. The van der Waals surface area contributed by atoms with Crippen LogP contribution >= 0.6 is 0 Å². The van der Waals surface area contributed by atoms with Gasteiger partial charge < -0.3 is 9.64 Å². The Hall–Kier alpha value is -2.45. The Balaban J connectivity index is 1.53. The predicted molar refractivity (Wildman–Crippen MR) is 104 cm³/mol. The highest BCUT2D eigenvalue weighted by Crippen LogP contribution is 2.33. The van der Waals surface area contributed by atoms with E-state index in [2.05, 4.69) is 4.72 Å². The summed E-state index contributed by atoms with van der Waals surface area (Å²) in [5.41, 5.74) is 2.14. The number of carbonyl (C=O) groups is 1. The summed E-state index contributed by atoms with van der Waals surface area (Å²) in [7, 11) is -3.80. The van der Waals surface area contributed by atoms with Crippen LogP contribution < -0.4 is 9.62 Å². The van der Waals surface area contributed by atoms with Crippen molar-refractivity contribution in [2.75, 3.05) is 22.8 Å². The van der Waals surface area contributed by atoms with Crippen molar-refractivity contribution in [3.8, 4) is 0 Å². The van der Waals surface area contributed by atoms with Gasteiger partial charge in [0, 0.05) is 24.4 Å². The fraction of sp³-hybridized carbons (Fsp3) is 0.350. The second kappa shape index (κ2) is 7.52. The van der Waals surface area contributed by atoms with E-state index in [0.29, 0.717) is 30.9 Å². The zero-order chi connectivity index (χ0) is 19.7. The van der Waals surface area contributed by atoms with Crippen molar-refractivity contribution in [2.45, 2.75) is 31.1 Å². The van der Waals surface area contributed by atoms with Crippen LogP contribution in [0.15, 0.2) is 42.5 Å². The van der Waals surface area contributed by atoms with Gasteiger partial charge in [0.2, 0.25) is 10.0 Å². The lowest BCUT2D eigenvalue weighted by Crippen LogP contribution is -2.37. The van der Waals surface area contributed by atoms with Gasteiger partial charge in [-0.25, -0.2) is 12.8 Å². The fourth-order valence-electron chi connectivity index (χ4n) is 3.65. The van der Waals surface area contributed by atoms with E-state index in [9.17, 15) is 17.6 Å². The molecule has 1 saturated heterocycles. The van der Waals surface area contributed by atoms with Crippen LogP contribution in [0.4, 0.5) is 15.8 Å². The van der Waals surface area contributed by atoms with Crippen LogP contribution in [0.1, 0.15) is 24.0 Å². The Kier molecular flexibility index (Phi) is 5.07. The van der Waals surface area contributed by atoms with Gasteiger partial charge in [0.15, 0.2) is 0 Å². The monoisotopic (exact) mass is 404 g/mol. The summed E-state index contributed by atoms with van der Waals surface area (Å²) in [6.07, 6.45) is 1.87. The standard InChI is InChI=1S/C20H21FN2O4S/c21-17-5-2-1-4-15(17)13-28(25,26)22-16-8-7-14-9-10-23(18(14)12-16)20(24)19-6-3-11-27-19/h1-2,4-5,7-8,12,19,22H,3,6,9-11,13H2/t19-/m1/s1. The molecule has 1 N–H and O–H groups in total. The molecule has 0 aromatic heterocycles. The molecule has 28 heavy (non-hydrogen) atoms. The minimum Gasteiger partial charge on any atom is -0.368 e. The van der Waals surface area contributed by atoms with Gasteiger partial charge >= 0.3 is 0 Å². The summed E-state index contributed by atoms with van der Waals surface area (Å²) in [5.74, 6) is -1.10. The number of nitrogens with one attached hydrogen (secondary N) is 1. The molecule has 2 aliphatic heterocycles. The number of hydrogen-bond donors (Lipinski definition) is 1. The van der Waals surface area contributed by atoms with E-state index in [1.54, 1.807) is 23.1 Å². The Morgan fingerprint density at radius 3 is 2.82 bits per heavy atom. The van der Waals surface area contributed by atoms with E-state index in [0.717, 1.165) is 18.4 Å². The van der Waals surface area contributed by atoms with Crippen LogP contribution in [-0.2, 0) is 31.7 Å². The van der Waals surface area contributed by atoms with Crippen molar-refractivity contribution in [3.63, 3.8) is 0 Å². The number of ether oxygens (including phenoxy) is 1. The predicted octanol–water partition coefficient (Wildman–Crippen LogP) is 2.84. The minimum absolute atomic E-state index is 0.0809. The second-order valence-electron chi connectivity index (χ2n) is 7.04. The topological polar surface area (TPSA) is 75.7 Å². The Morgan fingerprint density at radius 2 is 2.07 bits per heavy atom. The maximum atomic E-state index is 13.8. The molecule has 2 aliphatic rings. The minimum atomic E-state index is -3.80. The average molecular weight is 404 g/mol. The number of amides is 1. The Bertz CT molecular complexity index is 1000. The Labute approximate surface area is 163 Å². The smallest absolute Gasteiger partial charge is 0.256 e. The quantitative estimate of drug-likeness (QED) is 0.832. The molecule has 4 rings (SSSR count). The van der Waals surface area contributed by atoms with E-state index in [1.807, 2.05) is 6.07 Å². The number of sulfonamides is 1. The highest BCUT2D eigenvalue weighted by Gasteiger charge is 2.33. The van der Waals surface area contributed by atoms with E-state index < -0.39 is 27.7 Å². The highest BCUT2D eigenvalue weighted by atomic mass is 32.2. The average Bonchev–Trinajstić information content (AvgIpc) is 3.32. The first kappa shape index (κ1) is 18.9. The van der Waals surface area contributed by atoms with Gasteiger partial charge in [0.25, 0.3) is 5.91 Å². The van der Waals surface area contributed by atoms with Gasteiger partial charge in [-0.2, -0.15) is 0 Å². The Morgan fingerprint density at radius 1 is 1.25 bits per heavy atom. The largest absolute Gasteiger partial charge is 0.368 e. The number of nitrogens with zero attached hydrogens (tertiary/aromatic N) is 1. The van der Waals surface area contributed by atoms with Gasteiger partial charge in [-0.3, -0.25) is 9.52 Å². The van der Waals surface area contributed by atoms with Crippen LogP contribution in [0.5, 0.6) is 0 Å². The van der Waals surface area contributed by atoms with Crippen molar-refractivity contribution in [3.05, 3.63) is 59.4 Å². The molecule has 0 bridgehead atoms. The number of hydrogen-bond acceptors (Lipinski definition) is 4. The zero-order valence-electron chi connectivity index (χ0n) is 15.2. The highest BCUT2D eigenvalue weighted by molar-refractivity contribution is 7.91. The molecule has 2 heterocycles. The van der Waals surface area contributed by atoms with E-state index in [1.165, 1.54) is 18.2 Å². The van der Waals surface area contributed by atoms with Gasteiger partial charge in [-0.15, -0.1) is 0 Å². The number of anilines is 2. The number of benzene rings is 2. The third-order valence-corrected chi connectivity index (χ3v) is 6.27. The van der Waals surface area contributed by atoms with Crippen molar-refractivity contribution in [1.29, 1.82) is 0 Å². The van der Waals surface area contributed by atoms with E-state index in [4.69, 9.17) is 4.74 Å². The first-order valence-electron chi connectivity index (χ1n) is 9.23. The van der Waals surface area contributed by atoms with E-state index >= 15 is 0 Å². The normalized spacial score (nSPS) is 18.9. The lowest BCUT2D eigenvalue weighted by atomic mass is 10.1. The molecule has 0 spiro atoms. The lowest BCUT2D eigenvalue weighted by Gasteiger charge is -2.21. The molecule has 2 aromatic rings. The van der Waals surface area contributed by atoms with Gasteiger partial charge in [-0.05, 0) is 43.0 Å². The first-order valence-corrected chi connectivity index (χ1v) is 10.9. The van der Waals surface area contributed by atoms with Crippen molar-refractivity contribution in [1.82, 2.24) is 0 Å². The molecule has 6 nitrogen and oxygen atoms in total. The van der Waals surface area contributed by atoms with E-state index in [-0.39, 0.29) is 11.5 Å². The summed E-state index contributed by atoms with van der Waals surface area (Å²) in [4.78, 5) is 14.4.